The maximum Gasteiger partial charge on any atom is 3.00 e. The molecule has 0 aromatic carbocycles. The molecule has 0 aromatic rings. The van der Waals surface area contributed by atoms with Crippen molar-refractivity contribution in [2.24, 2.45) is 0 Å². The molecule has 1 saturated heterocycles. The minimum Gasteiger partial charge on any atom is -1.00 e. The number of ether oxygens (including phenoxy) is 4. The van der Waals surface area contributed by atoms with E-state index in [0.717, 1.165) is 6.23 Å². The molecule has 3 unspecified atom stereocenters. The summed E-state index contributed by atoms with van der Waals surface area (Å²) >= 11 is 0. The second-order valence-corrected chi connectivity index (χ2v) is 5.35. The first-order chi connectivity index (χ1) is 10.5. The zero-order valence-electron chi connectivity index (χ0n) is 15.8. The van der Waals surface area contributed by atoms with Crippen LogP contribution in [0.3, 0.4) is 0 Å². The van der Waals surface area contributed by atoms with E-state index in [1.165, 1.54) is 0 Å². The first-order valence-electron chi connectivity index (χ1n) is 7.42. The van der Waals surface area contributed by atoms with Gasteiger partial charge in [-0.25, -0.2) is 0 Å². The van der Waals surface area contributed by atoms with E-state index in [1.807, 2.05) is 19.0 Å². The molecule has 2 N–H and O–H groups in total. The Labute approximate surface area is 179 Å². The van der Waals surface area contributed by atoms with E-state index < -0.39 is 0 Å². The normalized spacial score (nSPS) is 27.8. The largest absolute Gasteiger partial charge is 3.00 e. The van der Waals surface area contributed by atoms with Crippen LogP contribution < -0.4 is 35.4 Å². The number of nitrogens with zero attached hydrogens (tertiary/aromatic N) is 2. The summed E-state index contributed by atoms with van der Waals surface area (Å²) < 4.78 is 22.0. The van der Waals surface area contributed by atoms with E-state index in [1.54, 1.807) is 28.4 Å². The van der Waals surface area contributed by atoms with Crippen molar-refractivity contribution in [3.8, 4) is 0 Å². The molecule has 0 aromatic heterocycles. The molecule has 1 rings (SSSR count). The first-order valence-corrected chi connectivity index (χ1v) is 7.42. The Hall–Kier alpha value is 0.974. The quantitative estimate of drug-likeness (QED) is 0.332. The summed E-state index contributed by atoms with van der Waals surface area (Å²) in [5.41, 5.74) is 0. The van der Waals surface area contributed by atoms with Crippen molar-refractivity contribution in [2.75, 3.05) is 68.7 Å². The molecule has 0 bridgehead atoms. The van der Waals surface area contributed by atoms with E-state index in [0.29, 0.717) is 26.2 Å². The van der Waals surface area contributed by atoms with Crippen LogP contribution >= 0.6 is 0 Å². The van der Waals surface area contributed by atoms with E-state index in [4.69, 9.17) is 18.9 Å². The van der Waals surface area contributed by atoms with Crippen LogP contribution in [0.25, 0.3) is 0 Å². The molecule has 0 saturated carbocycles. The summed E-state index contributed by atoms with van der Waals surface area (Å²) in [6.45, 7) is 2.58. The number of hydrogen-bond donors (Lipinski definition) is 2. The molecular formula is C14H31Cl2N4O4Ti. The molecule has 25 heavy (non-hydrogen) atoms. The van der Waals surface area contributed by atoms with Crippen molar-refractivity contribution in [3.63, 3.8) is 0 Å². The fourth-order valence-corrected chi connectivity index (χ4v) is 2.37. The van der Waals surface area contributed by atoms with E-state index in [2.05, 4.69) is 15.5 Å². The summed E-state index contributed by atoms with van der Waals surface area (Å²) in [7, 11) is 10.8. The molecule has 1 heterocycles. The topological polar surface area (TPSA) is 67.5 Å². The van der Waals surface area contributed by atoms with Crippen LogP contribution in [0.5, 0.6) is 0 Å². The Bertz CT molecular complexity index is 314. The number of nitrogens with one attached hydrogen (secondary N) is 2. The van der Waals surface area contributed by atoms with Gasteiger partial charge in [0.1, 0.15) is 18.7 Å². The van der Waals surface area contributed by atoms with Crippen molar-refractivity contribution in [3.05, 3.63) is 6.23 Å². The van der Waals surface area contributed by atoms with Gasteiger partial charge < -0.3 is 54.0 Å². The third-order valence-corrected chi connectivity index (χ3v) is 3.89. The maximum absolute atomic E-state index is 5.59. The smallest absolute Gasteiger partial charge is 1.00 e. The molecule has 149 valence electrons. The number of rotatable bonds is 4. The Morgan fingerprint density at radius 1 is 0.880 bits per heavy atom. The van der Waals surface area contributed by atoms with E-state index in [9.17, 15) is 0 Å². The summed E-state index contributed by atoms with van der Waals surface area (Å²) in [6, 6.07) is 0. The molecule has 8 nitrogen and oxygen atoms in total. The van der Waals surface area contributed by atoms with Gasteiger partial charge in [-0.15, -0.1) is 6.23 Å². The van der Waals surface area contributed by atoms with Crippen molar-refractivity contribution in [1.29, 1.82) is 0 Å². The Morgan fingerprint density at radius 3 is 1.96 bits per heavy atom. The molecular weight excluding hydrogens is 407 g/mol. The number of halogens is 2. The zero-order chi connectivity index (χ0) is 16.5. The molecule has 1 aliphatic rings. The van der Waals surface area contributed by atoms with E-state index >= 15 is 0 Å². The summed E-state index contributed by atoms with van der Waals surface area (Å²) in [4.78, 5) is 4.16. The van der Waals surface area contributed by atoms with Gasteiger partial charge in [-0.3, -0.25) is 10.2 Å². The molecule has 0 spiro atoms. The molecule has 1 fully saturated rings. The summed E-state index contributed by atoms with van der Waals surface area (Å²) in [5, 5.41) is 6.65. The van der Waals surface area contributed by atoms with Crippen LogP contribution in [-0.4, -0.2) is 97.2 Å². The Balaban J connectivity index is -0.00000161. The predicted molar refractivity (Wildman–Crippen MR) is 83.9 cm³/mol. The van der Waals surface area contributed by atoms with Crippen LogP contribution in [0.4, 0.5) is 0 Å². The molecule has 3 atom stereocenters. The monoisotopic (exact) mass is 437 g/mol. The Kier molecular flexibility index (Phi) is 21.0. The molecule has 1 radical (unpaired) electrons. The third-order valence-electron chi connectivity index (χ3n) is 3.89. The van der Waals surface area contributed by atoms with E-state index in [-0.39, 0.29) is 65.2 Å². The fraction of sp³-hybridized carbons (Fsp3) is 0.929. The minimum atomic E-state index is -0.126. The van der Waals surface area contributed by atoms with Gasteiger partial charge in [0.2, 0.25) is 0 Å². The van der Waals surface area contributed by atoms with Crippen LogP contribution in [-0.2, 0) is 40.7 Å². The summed E-state index contributed by atoms with van der Waals surface area (Å²) in [6.07, 6.45) is 0.547. The van der Waals surface area contributed by atoms with Crippen LogP contribution in [0.15, 0.2) is 0 Å². The van der Waals surface area contributed by atoms with Gasteiger partial charge >= 0.3 is 21.7 Å². The third kappa shape index (κ3) is 10.8. The first kappa shape index (κ1) is 30.7. The molecule has 0 aliphatic carbocycles. The van der Waals surface area contributed by atoms with Gasteiger partial charge in [-0.2, -0.15) is 0 Å². The van der Waals surface area contributed by atoms with Gasteiger partial charge in [0.15, 0.2) is 0 Å². The van der Waals surface area contributed by atoms with Crippen LogP contribution in [0, 0.1) is 6.23 Å². The van der Waals surface area contributed by atoms with Crippen molar-refractivity contribution >= 4 is 0 Å². The minimum absolute atomic E-state index is 0. The van der Waals surface area contributed by atoms with Crippen LogP contribution in [0.2, 0.25) is 0 Å². The SMILES string of the molecule is CO[C-]1CNC(OC)CNC(OC)CN(C)C(OC)CN1C.[Cl-].[Cl-].[Ti+3]. The average molecular weight is 438 g/mol. The number of likely N-dealkylation sites (N-methyl/N-ethyl adjacent to an activating group) is 2. The van der Waals surface area contributed by atoms with Gasteiger partial charge in [0, 0.05) is 48.1 Å². The van der Waals surface area contributed by atoms with Crippen LogP contribution in [0.1, 0.15) is 0 Å². The number of methoxy groups -OCH3 is 4. The van der Waals surface area contributed by atoms with Gasteiger partial charge in [0.25, 0.3) is 0 Å². The van der Waals surface area contributed by atoms with Gasteiger partial charge in [0.05, 0.1) is 0 Å². The molecule has 11 heteroatoms. The predicted octanol–water partition coefficient (Wildman–Crippen LogP) is -6.90. The second kappa shape index (κ2) is 17.1. The van der Waals surface area contributed by atoms with Crippen molar-refractivity contribution < 1.29 is 65.5 Å². The zero-order valence-corrected chi connectivity index (χ0v) is 18.9. The van der Waals surface area contributed by atoms with Crippen molar-refractivity contribution in [2.45, 2.75) is 18.7 Å². The Morgan fingerprint density at radius 2 is 1.48 bits per heavy atom. The molecule has 1 aliphatic heterocycles. The number of hydrogen-bond acceptors (Lipinski definition) is 8. The average Bonchev–Trinajstić information content (AvgIpc) is 2.53. The summed E-state index contributed by atoms with van der Waals surface area (Å²) in [5.74, 6) is 0. The van der Waals surface area contributed by atoms with Gasteiger partial charge in [-0.1, -0.05) is 6.54 Å². The molecule has 0 amide bonds. The standard InChI is InChI=1S/C14H31N4O4.2ClH.Ti/c1-17-9-12(20-4)15-7-11(19-3)16-8-13(21-5)18(2)10-14(17)22-6;;;/h11-12,14-16H,7-10H2,1-6H3;2*1H;/q-1;;;+3/p-2. The van der Waals surface area contributed by atoms with Gasteiger partial charge in [-0.05, 0) is 14.1 Å². The second-order valence-electron chi connectivity index (χ2n) is 5.35. The van der Waals surface area contributed by atoms with Crippen molar-refractivity contribution in [1.82, 2.24) is 20.4 Å². The fourth-order valence-electron chi connectivity index (χ4n) is 2.37. The maximum atomic E-state index is 5.59.